The van der Waals surface area contributed by atoms with Gasteiger partial charge in [0.05, 0.1) is 0 Å². The molecule has 5 atom stereocenters. The topological polar surface area (TPSA) is 9.23 Å². The van der Waals surface area contributed by atoms with Crippen molar-refractivity contribution in [3.63, 3.8) is 0 Å². The molecule has 0 aromatic heterocycles. The zero-order valence-corrected chi connectivity index (χ0v) is 24.5. The lowest BCUT2D eigenvalue weighted by atomic mass is 9.61. The van der Waals surface area contributed by atoms with Crippen LogP contribution in [-0.2, 0) is 4.43 Å². The third kappa shape index (κ3) is 5.45. The van der Waals surface area contributed by atoms with E-state index in [9.17, 15) is 0 Å². The molecule has 1 nitrogen and oxygen atoms in total. The molecule has 0 aromatic rings. The second kappa shape index (κ2) is 9.78. The van der Waals surface area contributed by atoms with Crippen molar-refractivity contribution in [1.29, 1.82) is 0 Å². The van der Waals surface area contributed by atoms with E-state index in [-0.39, 0.29) is 5.04 Å². The van der Waals surface area contributed by atoms with E-state index in [1.165, 1.54) is 47.7 Å². The molecule has 176 valence electrons. The van der Waals surface area contributed by atoms with Gasteiger partial charge in [-0.05, 0) is 98.2 Å². The number of halogens is 1. The minimum absolute atomic E-state index is 0.272. The van der Waals surface area contributed by atoms with E-state index in [4.69, 9.17) is 4.43 Å². The first-order chi connectivity index (χ1) is 14.4. The van der Waals surface area contributed by atoms with Gasteiger partial charge >= 0.3 is 0 Å². The average molecular weight is 555 g/mol. The highest BCUT2D eigenvalue weighted by atomic mass is 127. The summed E-state index contributed by atoms with van der Waals surface area (Å²) in [4.78, 5) is 0. The van der Waals surface area contributed by atoms with Gasteiger partial charge in [-0.1, -0.05) is 87.1 Å². The lowest BCUT2D eigenvalue weighted by Crippen LogP contribution is -2.44. The molecular weight excluding hydrogens is 507 g/mol. The quantitative estimate of drug-likeness (QED) is 0.187. The van der Waals surface area contributed by atoms with Gasteiger partial charge in [0, 0.05) is 10.5 Å². The van der Waals surface area contributed by atoms with Gasteiger partial charge < -0.3 is 4.43 Å². The van der Waals surface area contributed by atoms with Crippen LogP contribution in [0.3, 0.4) is 0 Å². The maximum atomic E-state index is 6.79. The molecule has 0 heterocycles. The van der Waals surface area contributed by atoms with Gasteiger partial charge in [-0.2, -0.15) is 0 Å². The molecule has 0 aromatic carbocycles. The number of allylic oxidation sites excluding steroid dienone is 4. The van der Waals surface area contributed by atoms with Crippen LogP contribution in [0.1, 0.15) is 86.0 Å². The molecule has 0 unspecified atom stereocenters. The monoisotopic (exact) mass is 554 g/mol. The summed E-state index contributed by atoms with van der Waals surface area (Å²) < 4.78 is 8.08. The van der Waals surface area contributed by atoms with Gasteiger partial charge in [-0.3, -0.25) is 0 Å². The van der Waals surface area contributed by atoms with E-state index in [1.807, 2.05) is 0 Å². The Morgan fingerprint density at radius 2 is 1.90 bits per heavy atom. The summed E-state index contributed by atoms with van der Waals surface area (Å²) in [7, 11) is -1.72. The summed E-state index contributed by atoms with van der Waals surface area (Å²) in [5.41, 5.74) is 5.04. The summed E-state index contributed by atoms with van der Waals surface area (Å²) in [6, 6.07) is 0. The van der Waals surface area contributed by atoms with E-state index >= 15 is 0 Å². The highest BCUT2D eigenvalue weighted by molar-refractivity contribution is 14.1. The molecule has 0 saturated heterocycles. The second-order valence-electron chi connectivity index (χ2n) is 12.5. The fraction of sp³-hybridized carbons (Fsp3) is 0.786. The van der Waals surface area contributed by atoms with Gasteiger partial charge in [-0.25, -0.2) is 0 Å². The second-order valence-corrected chi connectivity index (χ2v) is 18.1. The number of hydrogen-bond acceptors (Lipinski definition) is 1. The predicted octanol–water partition coefficient (Wildman–Crippen LogP) is 9.26. The molecule has 3 fully saturated rings. The van der Waals surface area contributed by atoms with Crippen LogP contribution in [0.15, 0.2) is 35.5 Å². The van der Waals surface area contributed by atoms with E-state index in [0.717, 1.165) is 37.0 Å². The Kier molecular flexibility index (Phi) is 8.12. The van der Waals surface area contributed by atoms with Crippen molar-refractivity contribution in [2.75, 3.05) is 4.43 Å². The van der Waals surface area contributed by atoms with Crippen molar-refractivity contribution in [3.05, 3.63) is 35.5 Å². The highest BCUT2D eigenvalue weighted by Gasteiger charge is 2.50. The summed E-state index contributed by atoms with van der Waals surface area (Å²) in [5, 5.41) is 0.272. The minimum Gasteiger partial charge on any atom is -0.414 e. The molecule has 3 saturated carbocycles. The van der Waals surface area contributed by atoms with Gasteiger partial charge in [0.25, 0.3) is 0 Å². The number of alkyl halides is 1. The SMILES string of the molecule is C=C1CC[C@H](O[Si](C)(C)C(C)(C)C)C/C1=C/C=C1\CCC[C@]2(C)[C@@H]([C@@H](C)CI)CC[C@@H]12. The first-order valence-electron chi connectivity index (χ1n) is 12.7. The Labute approximate surface area is 207 Å². The van der Waals surface area contributed by atoms with Gasteiger partial charge in [0.15, 0.2) is 8.32 Å². The van der Waals surface area contributed by atoms with Gasteiger partial charge in [0.2, 0.25) is 0 Å². The van der Waals surface area contributed by atoms with Gasteiger partial charge in [0.1, 0.15) is 0 Å². The summed E-state index contributed by atoms with van der Waals surface area (Å²) >= 11 is 2.60. The molecule has 0 spiro atoms. The van der Waals surface area contributed by atoms with Crippen LogP contribution in [-0.4, -0.2) is 18.8 Å². The van der Waals surface area contributed by atoms with Crippen LogP contribution in [0.4, 0.5) is 0 Å². The van der Waals surface area contributed by atoms with Crippen molar-refractivity contribution in [3.8, 4) is 0 Å². The molecule has 3 heteroatoms. The molecule has 0 radical (unpaired) electrons. The van der Waals surface area contributed by atoms with Crippen LogP contribution < -0.4 is 0 Å². The zero-order valence-electron chi connectivity index (χ0n) is 21.3. The minimum atomic E-state index is -1.72. The Bertz CT molecular complexity index is 728. The number of hydrogen-bond donors (Lipinski definition) is 0. The van der Waals surface area contributed by atoms with Gasteiger partial charge in [-0.15, -0.1) is 0 Å². The highest BCUT2D eigenvalue weighted by Crippen LogP contribution is 2.59. The first-order valence-corrected chi connectivity index (χ1v) is 17.1. The van der Waals surface area contributed by atoms with Crippen molar-refractivity contribution < 1.29 is 4.43 Å². The summed E-state index contributed by atoms with van der Waals surface area (Å²) in [5.74, 6) is 2.54. The van der Waals surface area contributed by atoms with Crippen molar-refractivity contribution in [2.24, 2.45) is 23.2 Å². The lowest BCUT2D eigenvalue weighted by molar-refractivity contribution is 0.106. The van der Waals surface area contributed by atoms with Crippen molar-refractivity contribution >= 4 is 30.9 Å². The van der Waals surface area contributed by atoms with Crippen LogP contribution in [0.5, 0.6) is 0 Å². The Morgan fingerprint density at radius 3 is 2.55 bits per heavy atom. The van der Waals surface area contributed by atoms with Crippen LogP contribution in [0, 0.1) is 23.2 Å². The molecule has 0 amide bonds. The van der Waals surface area contributed by atoms with E-state index in [0.29, 0.717) is 11.5 Å². The standard InChI is InChI=1S/C28H47IOSi/c1-20-11-14-24(30-31(7,8)27(3,4)5)18-23(20)13-12-22-10-9-17-28(6)25(21(2)19-29)15-16-26(22)28/h12-13,21,24-26H,1,9-11,14-19H2,2-8H3/b22-12+,23-13-/t21-,24-,25+,26-,28+/m0/s1. The molecule has 3 rings (SSSR count). The Morgan fingerprint density at radius 1 is 1.19 bits per heavy atom. The molecule has 0 N–H and O–H groups in total. The maximum absolute atomic E-state index is 6.79. The third-order valence-electron chi connectivity index (χ3n) is 9.40. The zero-order chi connectivity index (χ0) is 23.0. The molecule has 3 aliphatic carbocycles. The largest absolute Gasteiger partial charge is 0.414 e. The number of fused-ring (bicyclic) bond motifs is 1. The van der Waals surface area contributed by atoms with Crippen molar-refractivity contribution in [2.45, 2.75) is 110 Å². The van der Waals surface area contributed by atoms with E-state index < -0.39 is 8.32 Å². The lowest BCUT2D eigenvalue weighted by Gasteiger charge is -2.44. The van der Waals surface area contributed by atoms with Crippen LogP contribution in [0.2, 0.25) is 18.1 Å². The average Bonchev–Trinajstić information content (AvgIpc) is 3.04. The molecule has 31 heavy (non-hydrogen) atoms. The van der Waals surface area contributed by atoms with Crippen LogP contribution in [0.25, 0.3) is 0 Å². The number of rotatable bonds is 5. The smallest absolute Gasteiger partial charge is 0.192 e. The fourth-order valence-corrected chi connectivity index (χ4v) is 8.40. The molecule has 3 aliphatic rings. The third-order valence-corrected chi connectivity index (χ3v) is 15.3. The Balaban J connectivity index is 1.75. The molecule has 0 aliphatic heterocycles. The van der Waals surface area contributed by atoms with Crippen molar-refractivity contribution in [1.82, 2.24) is 0 Å². The first kappa shape index (κ1) is 25.7. The Hall–Kier alpha value is 0.127. The fourth-order valence-electron chi connectivity index (χ4n) is 6.40. The predicted molar refractivity (Wildman–Crippen MR) is 147 cm³/mol. The summed E-state index contributed by atoms with van der Waals surface area (Å²) in [6.45, 7) is 21.3. The van der Waals surface area contributed by atoms with E-state index in [1.54, 1.807) is 5.57 Å². The normalized spacial score (nSPS) is 36.1. The van der Waals surface area contributed by atoms with E-state index in [2.05, 4.69) is 89.0 Å². The maximum Gasteiger partial charge on any atom is 0.192 e. The van der Waals surface area contributed by atoms with Crippen LogP contribution >= 0.6 is 22.6 Å². The molecular formula is C28H47IOSi. The summed E-state index contributed by atoms with van der Waals surface area (Å²) in [6.07, 6.45) is 15.5. The molecule has 0 bridgehead atoms.